The minimum absolute atomic E-state index is 0.0428. The van der Waals surface area contributed by atoms with E-state index in [2.05, 4.69) is 43.5 Å². The summed E-state index contributed by atoms with van der Waals surface area (Å²) in [6.07, 6.45) is 37.9. The highest BCUT2D eigenvalue weighted by atomic mass is 16.7. The summed E-state index contributed by atoms with van der Waals surface area (Å²) in [5.74, 6) is -0.260. The summed E-state index contributed by atoms with van der Waals surface area (Å²) >= 11 is 0. The number of unbranched alkanes of at least 4 members (excludes halogenated alkanes) is 24. The Hall–Kier alpha value is -2.12. The minimum atomic E-state index is -1.59. The van der Waals surface area contributed by atoms with Gasteiger partial charge in [-0.2, -0.15) is 0 Å². The summed E-state index contributed by atoms with van der Waals surface area (Å²) in [7, 11) is 0. The Kier molecular flexibility index (Phi) is 38.8. The molecule has 11 heteroatoms. The van der Waals surface area contributed by atoms with Gasteiger partial charge in [0, 0.05) is 12.8 Å². The Morgan fingerprint density at radius 3 is 1.58 bits per heavy atom. The van der Waals surface area contributed by atoms with Gasteiger partial charge >= 0.3 is 5.97 Å². The summed E-state index contributed by atoms with van der Waals surface area (Å²) in [5, 5.41) is 54.1. The highest BCUT2D eigenvalue weighted by molar-refractivity contribution is 5.76. The van der Waals surface area contributed by atoms with Crippen LogP contribution in [0.25, 0.3) is 0 Å². The molecule has 362 valence electrons. The van der Waals surface area contributed by atoms with Gasteiger partial charge in [0.25, 0.3) is 0 Å². The number of hydrogen-bond acceptors (Lipinski definition) is 10. The van der Waals surface area contributed by atoms with Crippen molar-refractivity contribution in [2.75, 3.05) is 19.8 Å². The maximum Gasteiger partial charge on any atom is 0.305 e. The highest BCUT2D eigenvalue weighted by Crippen LogP contribution is 2.23. The summed E-state index contributed by atoms with van der Waals surface area (Å²) < 4.78 is 16.6. The molecule has 62 heavy (non-hydrogen) atoms. The van der Waals surface area contributed by atoms with Gasteiger partial charge in [-0.1, -0.05) is 185 Å². The molecule has 1 aliphatic rings. The summed E-state index contributed by atoms with van der Waals surface area (Å²) in [5.41, 5.74) is 0. The molecule has 1 saturated heterocycles. The zero-order valence-electron chi connectivity index (χ0n) is 39.3. The molecule has 7 atom stereocenters. The Morgan fingerprint density at radius 2 is 1.05 bits per heavy atom. The van der Waals surface area contributed by atoms with Crippen LogP contribution < -0.4 is 5.32 Å². The van der Waals surface area contributed by atoms with Gasteiger partial charge in [0.05, 0.1) is 32.0 Å². The molecule has 1 rings (SSSR count). The molecular formula is C51H93NO10. The van der Waals surface area contributed by atoms with E-state index in [9.17, 15) is 35.1 Å². The normalized spacial score (nSPS) is 20.4. The molecular weight excluding hydrogens is 787 g/mol. The first-order valence-corrected chi connectivity index (χ1v) is 25.3. The molecule has 1 amide bonds. The lowest BCUT2D eigenvalue weighted by Crippen LogP contribution is -2.60. The Labute approximate surface area is 377 Å². The van der Waals surface area contributed by atoms with E-state index in [0.717, 1.165) is 77.0 Å². The fourth-order valence-corrected chi connectivity index (χ4v) is 7.63. The Bertz CT molecular complexity index is 1130. The average Bonchev–Trinajstić information content (AvgIpc) is 3.27. The van der Waals surface area contributed by atoms with E-state index in [0.29, 0.717) is 25.9 Å². The molecule has 7 unspecified atom stereocenters. The first-order chi connectivity index (χ1) is 30.2. The van der Waals surface area contributed by atoms with Crippen molar-refractivity contribution in [2.24, 2.45) is 0 Å². The molecule has 0 saturated carbocycles. The van der Waals surface area contributed by atoms with E-state index in [-0.39, 0.29) is 18.5 Å². The van der Waals surface area contributed by atoms with Crippen LogP contribution >= 0.6 is 0 Å². The first kappa shape index (κ1) is 57.9. The molecule has 0 bridgehead atoms. The van der Waals surface area contributed by atoms with Crippen molar-refractivity contribution in [1.29, 1.82) is 0 Å². The van der Waals surface area contributed by atoms with Crippen LogP contribution in [-0.4, -0.2) is 100 Å². The summed E-state index contributed by atoms with van der Waals surface area (Å²) in [6, 6.07) is -0.847. The van der Waals surface area contributed by atoms with Crippen molar-refractivity contribution in [3.63, 3.8) is 0 Å². The van der Waals surface area contributed by atoms with Crippen LogP contribution in [0.15, 0.2) is 36.5 Å². The monoisotopic (exact) mass is 880 g/mol. The fourth-order valence-electron chi connectivity index (χ4n) is 7.63. The van der Waals surface area contributed by atoms with Gasteiger partial charge in [-0.25, -0.2) is 0 Å². The maximum absolute atomic E-state index is 13.0. The number of amides is 1. The third-order valence-electron chi connectivity index (χ3n) is 11.7. The van der Waals surface area contributed by atoms with Crippen molar-refractivity contribution in [3.05, 3.63) is 36.5 Å². The molecule has 0 aromatic rings. The van der Waals surface area contributed by atoms with Crippen LogP contribution in [0, 0.1) is 0 Å². The number of nitrogens with one attached hydrogen (secondary N) is 1. The fraction of sp³-hybridized carbons (Fsp3) is 0.843. The third-order valence-corrected chi connectivity index (χ3v) is 11.7. The highest BCUT2D eigenvalue weighted by Gasteiger charge is 2.44. The average molecular weight is 880 g/mol. The van der Waals surface area contributed by atoms with E-state index in [1.54, 1.807) is 6.08 Å². The maximum atomic E-state index is 13.0. The van der Waals surface area contributed by atoms with Gasteiger partial charge in [-0.15, -0.1) is 0 Å². The number of carbonyl (C=O) groups is 2. The molecule has 0 aromatic heterocycles. The van der Waals surface area contributed by atoms with Crippen LogP contribution in [0.5, 0.6) is 0 Å². The first-order valence-electron chi connectivity index (χ1n) is 25.3. The van der Waals surface area contributed by atoms with Gasteiger partial charge in [0.1, 0.15) is 24.4 Å². The molecule has 0 aliphatic carbocycles. The van der Waals surface area contributed by atoms with E-state index >= 15 is 0 Å². The second-order valence-electron chi connectivity index (χ2n) is 17.5. The second kappa shape index (κ2) is 41.6. The molecule has 1 heterocycles. The molecule has 0 spiro atoms. The lowest BCUT2D eigenvalue weighted by molar-refractivity contribution is -0.302. The molecule has 1 fully saturated rings. The van der Waals surface area contributed by atoms with E-state index in [1.807, 2.05) is 6.08 Å². The zero-order valence-corrected chi connectivity index (χ0v) is 39.3. The van der Waals surface area contributed by atoms with Crippen molar-refractivity contribution < 1.29 is 49.3 Å². The van der Waals surface area contributed by atoms with E-state index in [4.69, 9.17) is 14.2 Å². The number of ether oxygens (including phenoxy) is 3. The number of allylic oxidation sites excluding steroid dienone is 5. The number of carbonyl (C=O) groups excluding carboxylic acids is 2. The van der Waals surface area contributed by atoms with Crippen molar-refractivity contribution in [2.45, 2.75) is 256 Å². The Morgan fingerprint density at radius 1 is 0.581 bits per heavy atom. The zero-order chi connectivity index (χ0) is 45.3. The van der Waals surface area contributed by atoms with Gasteiger partial charge in [-0.3, -0.25) is 9.59 Å². The van der Waals surface area contributed by atoms with Crippen LogP contribution in [0.4, 0.5) is 0 Å². The summed E-state index contributed by atoms with van der Waals surface area (Å²) in [4.78, 5) is 25.0. The van der Waals surface area contributed by atoms with Crippen molar-refractivity contribution in [3.8, 4) is 0 Å². The van der Waals surface area contributed by atoms with Crippen LogP contribution in [0.3, 0.4) is 0 Å². The smallest absolute Gasteiger partial charge is 0.305 e. The topological polar surface area (TPSA) is 175 Å². The van der Waals surface area contributed by atoms with Gasteiger partial charge in [0.2, 0.25) is 5.91 Å². The number of aliphatic hydroxyl groups is 5. The number of rotatable bonds is 42. The second-order valence-corrected chi connectivity index (χ2v) is 17.5. The molecule has 11 nitrogen and oxygen atoms in total. The number of hydrogen-bond donors (Lipinski definition) is 6. The summed E-state index contributed by atoms with van der Waals surface area (Å²) in [6.45, 7) is 4.18. The SMILES string of the molecule is CCCC/C=C/CC/C=C/CC/C=C/C(O)C(COC1OC(CO)C(O)C(O)C1O)NC(=O)CCCCCCCCCCCCCOC(=O)CCCCCCCCCCCCC. The quantitative estimate of drug-likeness (QED) is 0.0197. The standard InChI is InChI=1S/C51H93NO10/c1-3-5-7-9-11-13-15-18-21-25-29-33-37-44(54)43(42-61-51-50(59)49(58)48(57)45(41-53)62-51)52-46(55)38-34-30-26-22-19-16-20-24-28-32-36-40-60-47(56)39-35-31-27-23-17-14-12-10-8-6-4-2/h9,11,18,21,33,37,43-45,48-51,53-54,57-59H,3-8,10,12-17,19-20,22-32,34-36,38-42H2,1-2H3,(H,52,55)/b11-9+,21-18+,37-33+. The molecule has 6 N–H and O–H groups in total. The van der Waals surface area contributed by atoms with Crippen LogP contribution in [0.2, 0.25) is 0 Å². The number of aliphatic hydroxyl groups excluding tert-OH is 5. The van der Waals surface area contributed by atoms with Gasteiger partial charge in [0.15, 0.2) is 6.29 Å². The lowest BCUT2D eigenvalue weighted by atomic mass is 9.99. The van der Waals surface area contributed by atoms with Gasteiger partial charge in [-0.05, 0) is 51.4 Å². The molecule has 1 aliphatic heterocycles. The van der Waals surface area contributed by atoms with Crippen molar-refractivity contribution in [1.82, 2.24) is 5.32 Å². The lowest BCUT2D eigenvalue weighted by Gasteiger charge is -2.40. The molecule has 0 radical (unpaired) electrons. The predicted octanol–water partition coefficient (Wildman–Crippen LogP) is 9.99. The third kappa shape index (κ3) is 31.7. The van der Waals surface area contributed by atoms with Crippen LogP contribution in [-0.2, 0) is 23.8 Å². The number of esters is 1. The van der Waals surface area contributed by atoms with E-state index < -0.39 is 49.5 Å². The van der Waals surface area contributed by atoms with Gasteiger partial charge < -0.3 is 45.1 Å². The van der Waals surface area contributed by atoms with Crippen LogP contribution in [0.1, 0.15) is 213 Å². The largest absolute Gasteiger partial charge is 0.466 e. The Balaban J connectivity index is 2.23. The minimum Gasteiger partial charge on any atom is -0.466 e. The molecule has 0 aromatic carbocycles. The van der Waals surface area contributed by atoms with Crippen molar-refractivity contribution >= 4 is 11.9 Å². The predicted molar refractivity (Wildman–Crippen MR) is 251 cm³/mol. The van der Waals surface area contributed by atoms with E-state index in [1.165, 1.54) is 103 Å².